The fraction of sp³-hybridized carbons (Fsp3) is 0.611. The van der Waals surface area contributed by atoms with E-state index >= 15 is 0 Å². The molecule has 2 N–H and O–H groups in total. The molecule has 1 aliphatic heterocycles. The number of halogens is 1. The highest BCUT2D eigenvalue weighted by Gasteiger charge is 2.62. The van der Waals surface area contributed by atoms with Gasteiger partial charge in [-0.1, -0.05) is 27.7 Å². The zero-order valence-electron chi connectivity index (χ0n) is 14.2. The van der Waals surface area contributed by atoms with Gasteiger partial charge in [0.25, 0.3) is 0 Å². The minimum atomic E-state index is -0.0696. The second kappa shape index (κ2) is 5.89. The molecule has 1 aromatic rings. The van der Waals surface area contributed by atoms with Crippen LogP contribution >= 0.6 is 12.4 Å². The Kier molecular flexibility index (Phi) is 4.58. The summed E-state index contributed by atoms with van der Waals surface area (Å²) in [6.45, 7) is 9.27. The van der Waals surface area contributed by atoms with E-state index < -0.39 is 0 Å². The summed E-state index contributed by atoms with van der Waals surface area (Å²) in [7, 11) is 0. The van der Waals surface area contributed by atoms with Gasteiger partial charge in [-0.15, -0.1) is 12.4 Å². The highest BCUT2D eigenvalue weighted by molar-refractivity contribution is 5.85. The van der Waals surface area contributed by atoms with Crippen LogP contribution in [-0.2, 0) is 6.42 Å². The van der Waals surface area contributed by atoms with Crippen molar-refractivity contribution in [2.75, 3.05) is 6.61 Å². The van der Waals surface area contributed by atoms with Gasteiger partial charge in [0.1, 0.15) is 23.7 Å². The molecule has 1 aromatic carbocycles. The van der Waals surface area contributed by atoms with Crippen molar-refractivity contribution < 1.29 is 9.47 Å². The maximum Gasteiger partial charge on any atom is 0.143 e. The molecule has 1 heterocycles. The van der Waals surface area contributed by atoms with Gasteiger partial charge < -0.3 is 15.2 Å². The van der Waals surface area contributed by atoms with Crippen LogP contribution in [0.3, 0.4) is 0 Å². The van der Waals surface area contributed by atoms with Crippen LogP contribution in [0.2, 0.25) is 0 Å². The van der Waals surface area contributed by atoms with Crippen LogP contribution in [0, 0.1) is 22.2 Å². The Labute approximate surface area is 144 Å². The number of fused-ring (bicyclic) bond motifs is 1. The fourth-order valence-electron chi connectivity index (χ4n) is 4.21. The summed E-state index contributed by atoms with van der Waals surface area (Å²) in [6, 6.07) is 6.00. The molecule has 3 rings (SSSR count). The summed E-state index contributed by atoms with van der Waals surface area (Å²) >= 11 is 0. The van der Waals surface area contributed by atoms with Gasteiger partial charge in [-0.2, -0.15) is 5.26 Å². The summed E-state index contributed by atoms with van der Waals surface area (Å²) in [5.41, 5.74) is 7.79. The van der Waals surface area contributed by atoms with Gasteiger partial charge in [0.2, 0.25) is 0 Å². The predicted molar refractivity (Wildman–Crippen MR) is 92.2 cm³/mol. The van der Waals surface area contributed by atoms with Gasteiger partial charge in [0.15, 0.2) is 0 Å². The van der Waals surface area contributed by atoms with Crippen LogP contribution in [0.15, 0.2) is 12.1 Å². The number of hydrogen-bond donors (Lipinski definition) is 1. The van der Waals surface area contributed by atoms with Crippen molar-refractivity contribution in [3.63, 3.8) is 0 Å². The number of hydrogen-bond acceptors (Lipinski definition) is 4. The summed E-state index contributed by atoms with van der Waals surface area (Å²) in [5, 5.41) is 9.24. The molecule has 23 heavy (non-hydrogen) atoms. The van der Waals surface area contributed by atoms with Gasteiger partial charge >= 0.3 is 0 Å². The van der Waals surface area contributed by atoms with E-state index in [4.69, 9.17) is 15.2 Å². The van der Waals surface area contributed by atoms with E-state index in [0.29, 0.717) is 17.9 Å². The lowest BCUT2D eigenvalue weighted by molar-refractivity contribution is -0.155. The van der Waals surface area contributed by atoms with Crippen molar-refractivity contribution in [1.82, 2.24) is 0 Å². The third kappa shape index (κ3) is 2.56. The van der Waals surface area contributed by atoms with Crippen LogP contribution in [-0.4, -0.2) is 18.8 Å². The number of ether oxygens (including phenoxy) is 2. The summed E-state index contributed by atoms with van der Waals surface area (Å²) in [6.07, 6.45) is 1.89. The maximum absolute atomic E-state index is 9.24. The van der Waals surface area contributed by atoms with Crippen molar-refractivity contribution in [3.8, 4) is 17.6 Å². The first-order chi connectivity index (χ1) is 10.3. The molecule has 0 atom stereocenters. The Morgan fingerprint density at radius 3 is 2.52 bits per heavy atom. The van der Waals surface area contributed by atoms with Crippen LogP contribution in [0.5, 0.6) is 11.5 Å². The molecule has 0 amide bonds. The van der Waals surface area contributed by atoms with Crippen LogP contribution in [0.1, 0.15) is 45.2 Å². The topological polar surface area (TPSA) is 68.3 Å². The average molecular weight is 337 g/mol. The molecule has 126 valence electrons. The number of nitriles is 1. The zero-order valence-corrected chi connectivity index (χ0v) is 15.0. The normalized spacial score (nSPS) is 26.6. The highest BCUT2D eigenvalue weighted by atomic mass is 35.5. The highest BCUT2D eigenvalue weighted by Crippen LogP contribution is 2.55. The van der Waals surface area contributed by atoms with E-state index in [1.165, 1.54) is 0 Å². The number of nitrogens with two attached hydrogens (primary N) is 1. The molecular weight excluding hydrogens is 312 g/mol. The van der Waals surface area contributed by atoms with E-state index in [0.717, 1.165) is 24.2 Å². The molecule has 0 aromatic heterocycles. The number of benzene rings is 1. The zero-order chi connectivity index (χ0) is 16.1. The lowest BCUT2D eigenvalue weighted by Crippen LogP contribution is -2.73. The van der Waals surface area contributed by atoms with E-state index in [1.807, 2.05) is 6.07 Å². The number of rotatable bonds is 2. The minimum Gasteiger partial charge on any atom is -0.492 e. The largest absolute Gasteiger partial charge is 0.492 e. The quantitative estimate of drug-likeness (QED) is 0.898. The van der Waals surface area contributed by atoms with Crippen LogP contribution < -0.4 is 15.2 Å². The molecule has 0 spiro atoms. The first-order valence-electron chi connectivity index (χ1n) is 7.91. The van der Waals surface area contributed by atoms with Crippen molar-refractivity contribution in [2.24, 2.45) is 16.6 Å². The Morgan fingerprint density at radius 1 is 1.26 bits per heavy atom. The summed E-state index contributed by atoms with van der Waals surface area (Å²) < 4.78 is 12.1. The first-order valence-corrected chi connectivity index (χ1v) is 7.91. The molecule has 1 fully saturated rings. The van der Waals surface area contributed by atoms with Crippen LogP contribution in [0.4, 0.5) is 0 Å². The molecule has 2 aliphatic rings. The Balaban J connectivity index is 0.00000192. The van der Waals surface area contributed by atoms with E-state index in [1.54, 1.807) is 6.07 Å². The van der Waals surface area contributed by atoms with E-state index in [9.17, 15) is 5.26 Å². The first kappa shape index (κ1) is 17.9. The molecule has 0 unspecified atom stereocenters. The molecule has 0 saturated heterocycles. The van der Waals surface area contributed by atoms with E-state index in [2.05, 4.69) is 33.8 Å². The molecule has 4 nitrogen and oxygen atoms in total. The molecule has 1 saturated carbocycles. The molecule has 1 aliphatic carbocycles. The Bertz CT molecular complexity index is 633. The summed E-state index contributed by atoms with van der Waals surface area (Å²) in [4.78, 5) is 0. The van der Waals surface area contributed by atoms with Crippen molar-refractivity contribution in [2.45, 2.75) is 52.7 Å². The lowest BCUT2D eigenvalue weighted by Gasteiger charge is -2.61. The fourth-order valence-corrected chi connectivity index (χ4v) is 4.21. The van der Waals surface area contributed by atoms with Crippen molar-refractivity contribution in [3.05, 3.63) is 23.3 Å². The second-order valence-electron chi connectivity index (χ2n) is 7.60. The molecular formula is C18H25ClN2O2. The predicted octanol–water partition coefficient (Wildman–Crippen LogP) is 3.45. The van der Waals surface area contributed by atoms with Gasteiger partial charge in [-0.05, 0) is 25.0 Å². The van der Waals surface area contributed by atoms with Gasteiger partial charge in [-0.3, -0.25) is 0 Å². The lowest BCUT2D eigenvalue weighted by atomic mass is 9.50. The standard InChI is InChI=1S/C18H24N2O2.ClH/c1-17(2)15(20)18(3,4)16(17)22-13-8-7-11(10-19)14-12(13)6-5-9-21-14;/h7-8,15-16H,5-6,9,20H2,1-4H3;1H. The third-order valence-electron chi connectivity index (χ3n) is 5.35. The summed E-state index contributed by atoms with van der Waals surface area (Å²) in [5.74, 6) is 1.54. The molecule has 0 bridgehead atoms. The monoisotopic (exact) mass is 336 g/mol. The van der Waals surface area contributed by atoms with Crippen molar-refractivity contribution >= 4 is 12.4 Å². The van der Waals surface area contributed by atoms with Gasteiger partial charge in [0.05, 0.1) is 12.2 Å². The SMILES string of the molecule is CC1(C)C(N)C(C)(C)C1Oc1ccc(C#N)c2c1CCCO2.Cl. The van der Waals surface area contributed by atoms with Gasteiger partial charge in [-0.25, -0.2) is 0 Å². The number of nitrogens with zero attached hydrogens (tertiary/aromatic N) is 1. The third-order valence-corrected chi connectivity index (χ3v) is 5.35. The minimum absolute atomic E-state index is 0. The Hall–Kier alpha value is -1.44. The Morgan fingerprint density at radius 2 is 1.91 bits per heavy atom. The van der Waals surface area contributed by atoms with Crippen molar-refractivity contribution in [1.29, 1.82) is 5.26 Å². The molecule has 5 heteroatoms. The maximum atomic E-state index is 9.24. The smallest absolute Gasteiger partial charge is 0.143 e. The average Bonchev–Trinajstić information content (AvgIpc) is 2.51. The van der Waals surface area contributed by atoms with Gasteiger partial charge in [0, 0.05) is 22.4 Å². The van der Waals surface area contributed by atoms with Crippen LogP contribution in [0.25, 0.3) is 0 Å². The van der Waals surface area contributed by atoms with E-state index in [-0.39, 0.29) is 35.4 Å². The second-order valence-corrected chi connectivity index (χ2v) is 7.60. The molecule has 0 radical (unpaired) electrons.